The first-order valence-corrected chi connectivity index (χ1v) is 18.5. The molecule has 0 spiro atoms. The summed E-state index contributed by atoms with van der Waals surface area (Å²) in [7, 11) is 0. The number of allylic oxidation sites excluding steroid dienone is 2. The average molecular weight is 695 g/mol. The molecule has 0 radical (unpaired) electrons. The summed E-state index contributed by atoms with van der Waals surface area (Å²) in [6, 6.07) is 47.2. The van der Waals surface area contributed by atoms with Crippen LogP contribution < -0.4 is 0 Å². The molecule has 9 aromatic rings. The van der Waals surface area contributed by atoms with Crippen molar-refractivity contribution in [3.8, 4) is 44.8 Å². The zero-order valence-electron chi connectivity index (χ0n) is 30.8. The number of fused-ring (bicyclic) bond motifs is 6. The fourth-order valence-electron chi connectivity index (χ4n) is 7.68. The monoisotopic (exact) mass is 694 g/mol. The Balaban J connectivity index is 1.18. The summed E-state index contributed by atoms with van der Waals surface area (Å²) in [5, 5.41) is 4.31. The maximum absolute atomic E-state index is 5.33. The zero-order valence-corrected chi connectivity index (χ0v) is 30.8. The van der Waals surface area contributed by atoms with Crippen LogP contribution in [0.1, 0.15) is 36.4 Å². The molecular formula is C50H38N4. The van der Waals surface area contributed by atoms with Crippen LogP contribution in [0.3, 0.4) is 0 Å². The summed E-state index contributed by atoms with van der Waals surface area (Å²) >= 11 is 0. The highest BCUT2D eigenvalue weighted by molar-refractivity contribution is 6.10. The summed E-state index contributed by atoms with van der Waals surface area (Å²) in [5.41, 5.74) is 16.4. The molecule has 0 amide bonds. The van der Waals surface area contributed by atoms with E-state index in [-0.39, 0.29) is 0 Å². The van der Waals surface area contributed by atoms with Crippen LogP contribution in [0.5, 0.6) is 0 Å². The molecule has 0 aliphatic rings. The number of benzene rings is 5. The van der Waals surface area contributed by atoms with Crippen molar-refractivity contribution in [2.45, 2.75) is 27.7 Å². The molecule has 54 heavy (non-hydrogen) atoms. The molecule has 0 unspecified atom stereocenters. The van der Waals surface area contributed by atoms with Gasteiger partial charge in [-0.15, -0.1) is 0 Å². The van der Waals surface area contributed by atoms with Crippen LogP contribution >= 0.6 is 0 Å². The van der Waals surface area contributed by atoms with E-state index in [2.05, 4.69) is 159 Å². The largest absolute Gasteiger partial charge is 0.246 e. The third-order valence-corrected chi connectivity index (χ3v) is 10.3. The molecule has 0 fully saturated rings. The van der Waals surface area contributed by atoms with Crippen LogP contribution in [-0.2, 0) is 0 Å². The Morgan fingerprint density at radius 3 is 1.20 bits per heavy atom. The van der Waals surface area contributed by atoms with Gasteiger partial charge in [-0.2, -0.15) is 0 Å². The van der Waals surface area contributed by atoms with Gasteiger partial charge in [0, 0.05) is 32.7 Å². The summed E-state index contributed by atoms with van der Waals surface area (Å²) in [4.78, 5) is 20.9. The third-order valence-electron chi connectivity index (χ3n) is 10.3. The van der Waals surface area contributed by atoms with Crippen LogP contribution in [0.4, 0.5) is 0 Å². The van der Waals surface area contributed by atoms with Gasteiger partial charge in [0.1, 0.15) is 0 Å². The second kappa shape index (κ2) is 13.6. The van der Waals surface area contributed by atoms with Gasteiger partial charge >= 0.3 is 0 Å². The molecule has 4 aromatic heterocycles. The number of hydrogen-bond donors (Lipinski definition) is 0. The van der Waals surface area contributed by atoms with Crippen LogP contribution in [0.25, 0.3) is 101 Å². The molecule has 4 heteroatoms. The Hall–Kier alpha value is -6.78. The summed E-state index contributed by atoms with van der Waals surface area (Å²) in [6.07, 6.45) is 8.19. The van der Waals surface area contributed by atoms with Gasteiger partial charge in [-0.05, 0) is 110 Å². The van der Waals surface area contributed by atoms with E-state index in [9.17, 15) is 0 Å². The number of pyridine rings is 4. The van der Waals surface area contributed by atoms with Crippen molar-refractivity contribution in [1.29, 1.82) is 0 Å². The van der Waals surface area contributed by atoms with Gasteiger partial charge in [0.05, 0.1) is 44.8 Å². The van der Waals surface area contributed by atoms with E-state index in [1.54, 1.807) is 0 Å². The minimum absolute atomic E-state index is 0.900. The first-order valence-electron chi connectivity index (χ1n) is 18.5. The second-order valence-electron chi connectivity index (χ2n) is 13.9. The molecule has 4 heterocycles. The minimum Gasteiger partial charge on any atom is -0.246 e. The van der Waals surface area contributed by atoms with Crippen molar-refractivity contribution in [2.24, 2.45) is 0 Å². The van der Waals surface area contributed by atoms with Crippen molar-refractivity contribution in [3.63, 3.8) is 0 Å². The van der Waals surface area contributed by atoms with Gasteiger partial charge < -0.3 is 0 Å². The number of nitrogens with zero attached hydrogens (tertiary/aromatic N) is 4. The molecule has 4 nitrogen and oxygen atoms in total. The lowest BCUT2D eigenvalue weighted by Crippen LogP contribution is -1.96. The summed E-state index contributed by atoms with van der Waals surface area (Å²) in [5.74, 6) is 0. The first-order chi connectivity index (χ1) is 26.5. The molecule has 0 saturated carbocycles. The fourth-order valence-corrected chi connectivity index (χ4v) is 7.68. The quantitative estimate of drug-likeness (QED) is 0.163. The average Bonchev–Trinajstić information content (AvgIpc) is 3.21. The lowest BCUT2D eigenvalue weighted by atomic mass is 9.94. The highest BCUT2D eigenvalue weighted by Crippen LogP contribution is 2.37. The number of aromatic nitrogens is 4. The Kier molecular flexibility index (Phi) is 8.36. The summed E-state index contributed by atoms with van der Waals surface area (Å²) in [6.45, 7) is 8.38. The van der Waals surface area contributed by atoms with Gasteiger partial charge in [0.15, 0.2) is 0 Å². The maximum Gasteiger partial charge on any atom is 0.0978 e. The van der Waals surface area contributed by atoms with Gasteiger partial charge in [-0.3, -0.25) is 0 Å². The van der Waals surface area contributed by atoms with E-state index < -0.39 is 0 Å². The third kappa shape index (κ3) is 5.82. The Morgan fingerprint density at radius 2 is 0.796 bits per heavy atom. The Labute approximate surface area is 315 Å². The van der Waals surface area contributed by atoms with Gasteiger partial charge in [-0.1, -0.05) is 109 Å². The molecule has 0 saturated heterocycles. The fraction of sp³-hybridized carbons (Fsp3) is 0.0800. The van der Waals surface area contributed by atoms with Crippen molar-refractivity contribution in [1.82, 2.24) is 19.9 Å². The van der Waals surface area contributed by atoms with Crippen LogP contribution in [-0.4, -0.2) is 19.9 Å². The van der Waals surface area contributed by atoms with Crippen LogP contribution in [0.15, 0.2) is 146 Å². The van der Waals surface area contributed by atoms with Crippen LogP contribution in [0.2, 0.25) is 0 Å². The SMILES string of the molecule is C/C=C/c1cc(-c2ccccc2)c2ccc3ccc(-c4cc(C)c(-c5ccc6ccc7c(-c8ccccc8)cc(/C=C/C)nc7c6n5)cc4C)nc3c2n1. The lowest BCUT2D eigenvalue weighted by molar-refractivity contribution is 1.30. The van der Waals surface area contributed by atoms with E-state index in [1.807, 2.05) is 26.0 Å². The Bertz CT molecular complexity index is 2760. The first kappa shape index (κ1) is 33.1. The van der Waals surface area contributed by atoms with Crippen molar-refractivity contribution < 1.29 is 0 Å². The van der Waals surface area contributed by atoms with E-state index in [0.717, 1.165) is 111 Å². The molecule has 0 N–H and O–H groups in total. The number of aryl methyl sites for hydroxylation is 2. The predicted molar refractivity (Wildman–Crippen MR) is 228 cm³/mol. The predicted octanol–water partition coefficient (Wildman–Crippen LogP) is 13.2. The maximum atomic E-state index is 5.33. The topological polar surface area (TPSA) is 51.6 Å². The van der Waals surface area contributed by atoms with Crippen molar-refractivity contribution >= 4 is 55.8 Å². The van der Waals surface area contributed by atoms with Crippen LogP contribution in [0, 0.1) is 13.8 Å². The molecular weight excluding hydrogens is 657 g/mol. The molecule has 5 aromatic carbocycles. The number of hydrogen-bond acceptors (Lipinski definition) is 4. The molecule has 0 bridgehead atoms. The van der Waals surface area contributed by atoms with Crippen molar-refractivity contribution in [3.05, 3.63) is 168 Å². The molecule has 0 aliphatic carbocycles. The smallest absolute Gasteiger partial charge is 0.0978 e. The van der Waals surface area contributed by atoms with Gasteiger partial charge in [0.25, 0.3) is 0 Å². The van der Waals surface area contributed by atoms with E-state index in [0.29, 0.717) is 0 Å². The lowest BCUT2D eigenvalue weighted by Gasteiger charge is -2.15. The highest BCUT2D eigenvalue weighted by atomic mass is 14.8. The Morgan fingerprint density at radius 1 is 0.389 bits per heavy atom. The minimum atomic E-state index is 0.900. The highest BCUT2D eigenvalue weighted by Gasteiger charge is 2.17. The van der Waals surface area contributed by atoms with E-state index in [4.69, 9.17) is 19.9 Å². The molecule has 9 rings (SSSR count). The second-order valence-corrected chi connectivity index (χ2v) is 13.9. The van der Waals surface area contributed by atoms with Gasteiger partial charge in [-0.25, -0.2) is 19.9 Å². The molecule has 258 valence electrons. The standard InChI is InChI=1S/C50H38N4/c1-5-13-37-29-43(33-15-9-7-10-16-33)39-23-19-35-21-25-45(53-47(35)49(39)51-37)41-27-32(4)42(28-31(41)3)46-26-22-36-20-24-40-44(34-17-11-8-12-18-34)30-38(14-6-2)52-50(40)48(36)54-46/h5-30H,1-4H3/b13-5+,14-6+. The van der Waals surface area contributed by atoms with E-state index in [1.165, 1.54) is 0 Å². The molecule has 0 atom stereocenters. The zero-order chi connectivity index (χ0) is 36.8. The van der Waals surface area contributed by atoms with E-state index >= 15 is 0 Å². The molecule has 0 aliphatic heterocycles. The number of rotatable bonds is 6. The van der Waals surface area contributed by atoms with Gasteiger partial charge in [0.2, 0.25) is 0 Å². The summed E-state index contributed by atoms with van der Waals surface area (Å²) < 4.78 is 0. The van der Waals surface area contributed by atoms with Crippen molar-refractivity contribution in [2.75, 3.05) is 0 Å². The normalized spacial score (nSPS) is 11.9.